The largest absolute Gasteiger partial charge is 0.462 e. The van der Waals surface area contributed by atoms with Crippen molar-refractivity contribution in [2.75, 3.05) is 13.2 Å². The summed E-state index contributed by atoms with van der Waals surface area (Å²) in [4.78, 5) is 10.1. The maximum atomic E-state index is 10.7. The normalized spacial score (nSPS) is 40.1. The van der Waals surface area contributed by atoms with Crippen molar-refractivity contribution in [1.82, 2.24) is 0 Å². The average molecular weight is 463 g/mol. The van der Waals surface area contributed by atoms with Crippen molar-refractivity contribution in [2.45, 2.75) is 61.4 Å². The lowest BCUT2D eigenvalue weighted by atomic mass is 9.97. The number of nitro benzene ring substituents is 1. The van der Waals surface area contributed by atoms with Crippen molar-refractivity contribution >= 4 is 5.69 Å². The van der Waals surface area contributed by atoms with Gasteiger partial charge in [0.05, 0.1) is 18.1 Å². The van der Waals surface area contributed by atoms with Gasteiger partial charge in [0.15, 0.2) is 6.29 Å². The third kappa shape index (κ3) is 4.99. The molecule has 7 N–H and O–H groups in total. The van der Waals surface area contributed by atoms with Crippen LogP contribution in [0.25, 0.3) is 0 Å². The Labute approximate surface area is 180 Å². The van der Waals surface area contributed by atoms with E-state index < -0.39 is 79.5 Å². The molecule has 10 atom stereocenters. The van der Waals surface area contributed by atoms with Crippen molar-refractivity contribution < 1.29 is 59.6 Å². The van der Waals surface area contributed by atoms with E-state index in [4.69, 9.17) is 18.9 Å². The van der Waals surface area contributed by atoms with Crippen LogP contribution < -0.4 is 4.74 Å². The lowest BCUT2D eigenvalue weighted by molar-refractivity contribution is -0.384. The Balaban J connectivity index is 1.70. The first-order valence-electron chi connectivity index (χ1n) is 9.67. The van der Waals surface area contributed by atoms with Crippen LogP contribution >= 0.6 is 0 Å². The fraction of sp³-hybridized carbons (Fsp3) is 0.667. The van der Waals surface area contributed by atoms with E-state index in [1.165, 1.54) is 12.1 Å². The van der Waals surface area contributed by atoms with E-state index in [0.29, 0.717) is 0 Å². The molecule has 2 aliphatic rings. The molecule has 0 aromatic heterocycles. The molecule has 14 nitrogen and oxygen atoms in total. The fourth-order valence-corrected chi connectivity index (χ4v) is 3.43. The van der Waals surface area contributed by atoms with Crippen LogP contribution in [0.2, 0.25) is 0 Å². The van der Waals surface area contributed by atoms with Crippen LogP contribution in [0, 0.1) is 10.1 Å². The van der Waals surface area contributed by atoms with Gasteiger partial charge in [-0.05, 0) is 12.1 Å². The maximum absolute atomic E-state index is 10.7. The number of rotatable bonds is 7. The molecule has 3 rings (SSSR count). The average Bonchev–Trinajstić information content (AvgIpc) is 2.79. The van der Waals surface area contributed by atoms with Crippen LogP contribution in [0.4, 0.5) is 5.69 Å². The molecule has 2 heterocycles. The summed E-state index contributed by atoms with van der Waals surface area (Å²) in [5.74, 6) is 0.0804. The number of aliphatic hydroxyl groups excluding tert-OH is 7. The molecule has 0 unspecified atom stereocenters. The SMILES string of the molecule is O=[N+]([O-])c1ccc(O[C@@H]2O[C@H](CO)[C@@H](O[C@@H]3O[C@H](CO)[C@@H](O)[C@H](O)[C@@H]3O)[C@H](O)[C@H]2O)cc1. The number of hydrogen-bond acceptors (Lipinski definition) is 13. The Kier molecular flexibility index (Phi) is 7.94. The molecule has 14 heteroatoms. The van der Waals surface area contributed by atoms with Gasteiger partial charge in [-0.25, -0.2) is 0 Å². The van der Waals surface area contributed by atoms with Crippen LogP contribution in [-0.2, 0) is 14.2 Å². The molecule has 0 spiro atoms. The lowest BCUT2D eigenvalue weighted by Gasteiger charge is -2.45. The van der Waals surface area contributed by atoms with E-state index in [0.717, 1.165) is 12.1 Å². The molecular weight excluding hydrogens is 438 g/mol. The molecule has 0 saturated carbocycles. The summed E-state index contributed by atoms with van der Waals surface area (Å²) >= 11 is 0. The van der Waals surface area contributed by atoms with Crippen molar-refractivity contribution in [3.8, 4) is 5.75 Å². The second kappa shape index (κ2) is 10.3. The van der Waals surface area contributed by atoms with Crippen molar-refractivity contribution in [2.24, 2.45) is 0 Å². The second-order valence-electron chi connectivity index (χ2n) is 7.37. The predicted octanol–water partition coefficient (Wildman–Crippen LogP) is -3.40. The van der Waals surface area contributed by atoms with Gasteiger partial charge in [0, 0.05) is 12.1 Å². The fourth-order valence-electron chi connectivity index (χ4n) is 3.43. The summed E-state index contributed by atoms with van der Waals surface area (Å²) in [5.41, 5.74) is -0.191. The van der Waals surface area contributed by atoms with Gasteiger partial charge in [-0.2, -0.15) is 0 Å². The zero-order valence-corrected chi connectivity index (χ0v) is 16.5. The van der Waals surface area contributed by atoms with E-state index >= 15 is 0 Å². The van der Waals surface area contributed by atoms with Crippen LogP contribution in [0.1, 0.15) is 0 Å². The standard InChI is InChI=1S/C18H25NO13/c20-5-9-11(22)12(23)14(25)18(30-9)32-16-10(6-21)31-17(15(26)13(16)24)29-8-3-1-7(2-4-8)19(27)28/h1-4,9-18,20-26H,5-6H2/t9-,10-,11-,12+,13-,14+,15-,16-,17-,18+/m1/s1. The molecule has 180 valence electrons. The third-order valence-corrected chi connectivity index (χ3v) is 5.26. The number of ether oxygens (including phenoxy) is 4. The molecule has 1 aromatic rings. The summed E-state index contributed by atoms with van der Waals surface area (Å²) < 4.78 is 21.5. The Morgan fingerprint density at radius 2 is 1.38 bits per heavy atom. The van der Waals surface area contributed by atoms with Gasteiger partial charge in [-0.1, -0.05) is 0 Å². The molecule has 0 amide bonds. The van der Waals surface area contributed by atoms with Crippen LogP contribution in [-0.4, -0.2) is 115 Å². The van der Waals surface area contributed by atoms with Gasteiger partial charge in [0.1, 0.15) is 54.6 Å². The molecule has 0 bridgehead atoms. The minimum absolute atomic E-state index is 0.0804. The Morgan fingerprint density at radius 3 is 1.94 bits per heavy atom. The van der Waals surface area contributed by atoms with Gasteiger partial charge in [-0.15, -0.1) is 0 Å². The summed E-state index contributed by atoms with van der Waals surface area (Å²) in [7, 11) is 0. The number of nitrogens with zero attached hydrogens (tertiary/aromatic N) is 1. The molecular formula is C18H25NO13. The summed E-state index contributed by atoms with van der Waals surface area (Å²) in [6.45, 7) is -1.42. The highest BCUT2D eigenvalue weighted by Gasteiger charge is 2.51. The zero-order valence-electron chi connectivity index (χ0n) is 16.5. The molecule has 2 aliphatic heterocycles. The molecule has 0 aliphatic carbocycles. The summed E-state index contributed by atoms with van der Waals surface area (Å²) in [5, 5.41) is 80.4. The van der Waals surface area contributed by atoms with Gasteiger partial charge in [-0.3, -0.25) is 10.1 Å². The first kappa shape index (κ1) is 24.7. The molecule has 1 aromatic carbocycles. The van der Waals surface area contributed by atoms with Crippen LogP contribution in [0.15, 0.2) is 24.3 Å². The Morgan fingerprint density at radius 1 is 0.812 bits per heavy atom. The second-order valence-corrected chi connectivity index (χ2v) is 7.37. The van der Waals surface area contributed by atoms with Crippen LogP contribution in [0.3, 0.4) is 0 Å². The van der Waals surface area contributed by atoms with E-state index in [1.807, 2.05) is 0 Å². The van der Waals surface area contributed by atoms with E-state index in [9.17, 15) is 45.9 Å². The maximum Gasteiger partial charge on any atom is 0.269 e. The highest BCUT2D eigenvalue weighted by molar-refractivity contribution is 5.36. The molecule has 0 radical (unpaired) electrons. The number of aliphatic hydroxyl groups is 7. The van der Waals surface area contributed by atoms with Crippen molar-refractivity contribution in [3.05, 3.63) is 34.4 Å². The topological polar surface area (TPSA) is 222 Å². The predicted molar refractivity (Wildman–Crippen MR) is 100 cm³/mol. The monoisotopic (exact) mass is 463 g/mol. The first-order chi connectivity index (χ1) is 15.2. The first-order valence-corrected chi connectivity index (χ1v) is 9.67. The third-order valence-electron chi connectivity index (χ3n) is 5.26. The smallest absolute Gasteiger partial charge is 0.269 e. The molecule has 32 heavy (non-hydrogen) atoms. The Bertz CT molecular complexity index is 760. The quantitative estimate of drug-likeness (QED) is 0.155. The highest BCUT2D eigenvalue weighted by Crippen LogP contribution is 2.30. The summed E-state index contributed by atoms with van der Waals surface area (Å²) in [6, 6.07) is 4.83. The number of hydrogen-bond donors (Lipinski definition) is 7. The minimum atomic E-state index is -1.77. The summed E-state index contributed by atoms with van der Waals surface area (Å²) in [6.07, 6.45) is -15.7. The van der Waals surface area contributed by atoms with E-state index in [2.05, 4.69) is 0 Å². The van der Waals surface area contributed by atoms with Gasteiger partial charge in [0.2, 0.25) is 6.29 Å². The number of nitro groups is 1. The van der Waals surface area contributed by atoms with E-state index in [-0.39, 0.29) is 11.4 Å². The van der Waals surface area contributed by atoms with Gasteiger partial charge < -0.3 is 54.7 Å². The lowest BCUT2D eigenvalue weighted by Crippen LogP contribution is -2.65. The van der Waals surface area contributed by atoms with Crippen molar-refractivity contribution in [1.29, 1.82) is 0 Å². The minimum Gasteiger partial charge on any atom is -0.462 e. The number of non-ortho nitro benzene ring substituents is 1. The van der Waals surface area contributed by atoms with Crippen molar-refractivity contribution in [3.63, 3.8) is 0 Å². The Hall–Kier alpha value is -1.98. The van der Waals surface area contributed by atoms with Gasteiger partial charge >= 0.3 is 0 Å². The molecule has 2 fully saturated rings. The number of benzene rings is 1. The highest BCUT2D eigenvalue weighted by atomic mass is 16.7. The van der Waals surface area contributed by atoms with Gasteiger partial charge in [0.25, 0.3) is 5.69 Å². The molecule has 2 saturated heterocycles. The zero-order chi connectivity index (χ0) is 23.6. The van der Waals surface area contributed by atoms with Crippen LogP contribution in [0.5, 0.6) is 5.75 Å². The van der Waals surface area contributed by atoms with E-state index in [1.54, 1.807) is 0 Å².